The fraction of sp³-hybridized carbons (Fsp3) is 1.00. The second-order valence-corrected chi connectivity index (χ2v) is 5.80. The van der Waals surface area contributed by atoms with Crippen molar-refractivity contribution in [3.8, 4) is 0 Å². The molecular weight excluding hydrogens is 206 g/mol. The minimum atomic E-state index is 0.923. The molecule has 0 radical (unpaired) electrons. The van der Waals surface area contributed by atoms with Crippen molar-refractivity contribution in [3.05, 3.63) is 0 Å². The van der Waals surface area contributed by atoms with Crippen LogP contribution in [0.3, 0.4) is 0 Å². The summed E-state index contributed by atoms with van der Waals surface area (Å²) >= 11 is 2.38. The van der Waals surface area contributed by atoms with Gasteiger partial charge in [0.2, 0.25) is 0 Å². The van der Waals surface area contributed by atoms with Crippen LogP contribution < -0.4 is 0 Å². The number of nitrogens with zero attached hydrogens (tertiary/aromatic N) is 1. The third-order valence-electron chi connectivity index (χ3n) is 3.94. The molecule has 0 bridgehead atoms. The Morgan fingerprint density at radius 2 is 1.00 bits per heavy atom. The first-order chi connectivity index (χ1) is 6.88. The summed E-state index contributed by atoms with van der Waals surface area (Å²) < 4.78 is 2.72. The van der Waals surface area contributed by atoms with Crippen LogP contribution in [0.4, 0.5) is 0 Å². The zero-order valence-electron chi connectivity index (χ0n) is 9.17. The van der Waals surface area contributed by atoms with Gasteiger partial charge in [-0.3, -0.25) is 0 Å². The molecule has 0 spiro atoms. The Kier molecular flexibility index (Phi) is 4.53. The monoisotopic (exact) mass is 228 g/mol. The molecule has 2 aliphatic carbocycles. The molecule has 2 rings (SSSR count). The van der Waals surface area contributed by atoms with Crippen LogP contribution in [0, 0.1) is 0 Å². The van der Waals surface area contributed by atoms with Gasteiger partial charge in [0, 0.05) is 0 Å². The first kappa shape index (κ1) is 11.2. The molecule has 0 saturated heterocycles. The molecule has 14 heavy (non-hydrogen) atoms. The molecule has 0 aliphatic heterocycles. The van der Waals surface area contributed by atoms with Crippen molar-refractivity contribution in [2.24, 2.45) is 0 Å². The molecule has 0 amide bonds. The van der Waals surface area contributed by atoms with E-state index < -0.39 is 0 Å². The topological polar surface area (TPSA) is 3.24 Å². The van der Waals surface area contributed by atoms with Crippen molar-refractivity contribution in [1.29, 1.82) is 0 Å². The number of hydrogen-bond donors (Lipinski definition) is 0. The first-order valence-electron chi connectivity index (χ1n) is 6.37. The van der Waals surface area contributed by atoms with E-state index in [0.29, 0.717) is 0 Å². The third-order valence-corrected chi connectivity index (χ3v) is 5.08. The van der Waals surface area contributed by atoms with Gasteiger partial charge in [-0.2, -0.15) is 0 Å². The van der Waals surface area contributed by atoms with Gasteiger partial charge in [-0.15, -0.1) is 0 Å². The van der Waals surface area contributed by atoms with Gasteiger partial charge in [0.05, 0.1) is 0 Å². The second-order valence-electron chi connectivity index (χ2n) is 4.99. The molecule has 0 aromatic rings. The third kappa shape index (κ3) is 2.84. The van der Waals surface area contributed by atoms with Gasteiger partial charge in [0.15, 0.2) is 0 Å². The predicted octanol–water partition coefficient (Wildman–Crippen LogP) is 3.42. The average molecular weight is 228 g/mol. The average Bonchev–Trinajstić information content (AvgIpc) is 2.30. The summed E-state index contributed by atoms with van der Waals surface area (Å²) in [6, 6.07) is 1.85. The molecule has 2 heteroatoms. The number of hydrogen-bond acceptors (Lipinski definition) is 1. The Balaban J connectivity index is 1.82. The Bertz CT molecular complexity index is 142. The second kappa shape index (κ2) is 5.67. The Hall–Kier alpha value is 0.674. The SMILES string of the molecule is [Ti][N](C1CCCCC1)C1CCCCC1. The van der Waals surface area contributed by atoms with Crippen LogP contribution in [0.5, 0.6) is 0 Å². The summed E-state index contributed by atoms with van der Waals surface area (Å²) in [6.07, 6.45) is 14.7. The van der Waals surface area contributed by atoms with E-state index in [-0.39, 0.29) is 0 Å². The first-order valence-corrected chi connectivity index (χ1v) is 7.07. The predicted molar refractivity (Wildman–Crippen MR) is 55.6 cm³/mol. The fourth-order valence-corrected chi connectivity index (χ4v) is 3.82. The van der Waals surface area contributed by atoms with E-state index in [9.17, 15) is 0 Å². The van der Waals surface area contributed by atoms with Gasteiger partial charge in [-0.05, 0) is 0 Å². The van der Waals surface area contributed by atoms with Gasteiger partial charge < -0.3 is 0 Å². The maximum absolute atomic E-state index is 2.72. The number of rotatable bonds is 2. The quantitative estimate of drug-likeness (QED) is 0.654. The molecule has 0 aromatic heterocycles. The molecular formula is C12H22NTi. The molecule has 0 aromatic carbocycles. The summed E-state index contributed by atoms with van der Waals surface area (Å²) in [7, 11) is 0. The van der Waals surface area contributed by atoms with Gasteiger partial charge in [-0.1, -0.05) is 0 Å². The van der Waals surface area contributed by atoms with E-state index in [0.717, 1.165) is 12.1 Å². The van der Waals surface area contributed by atoms with Crippen LogP contribution in [0.2, 0.25) is 0 Å². The Labute approximate surface area is 100 Å². The van der Waals surface area contributed by atoms with Crippen molar-refractivity contribution in [1.82, 2.24) is 3.38 Å². The minimum absolute atomic E-state index is 0.923. The van der Waals surface area contributed by atoms with Crippen molar-refractivity contribution in [2.45, 2.75) is 76.3 Å². The molecule has 2 aliphatic rings. The zero-order valence-corrected chi connectivity index (χ0v) is 10.7. The maximum atomic E-state index is 2.72. The van der Waals surface area contributed by atoms with Crippen LogP contribution in [0.15, 0.2) is 0 Å². The Morgan fingerprint density at radius 3 is 1.36 bits per heavy atom. The van der Waals surface area contributed by atoms with Crippen molar-refractivity contribution < 1.29 is 20.7 Å². The summed E-state index contributed by atoms with van der Waals surface area (Å²) in [6.45, 7) is 0. The van der Waals surface area contributed by atoms with E-state index in [1.54, 1.807) is 0 Å². The van der Waals surface area contributed by atoms with E-state index in [1.165, 1.54) is 64.2 Å². The summed E-state index contributed by atoms with van der Waals surface area (Å²) in [5, 5.41) is 0. The molecule has 0 atom stereocenters. The normalized spacial score (nSPS) is 26.9. The summed E-state index contributed by atoms with van der Waals surface area (Å²) in [4.78, 5) is 0. The van der Waals surface area contributed by atoms with Crippen LogP contribution in [0.25, 0.3) is 0 Å². The van der Waals surface area contributed by atoms with Crippen LogP contribution in [0.1, 0.15) is 64.2 Å². The summed E-state index contributed by atoms with van der Waals surface area (Å²) in [5.41, 5.74) is 0. The molecule has 0 heterocycles. The van der Waals surface area contributed by atoms with E-state index >= 15 is 0 Å². The molecule has 0 unspecified atom stereocenters. The molecule has 2 saturated carbocycles. The standard InChI is InChI=1S/C12H22N.Ti/c1-3-7-11(8-4-1)13-12-9-5-2-6-10-12;/h11-12H,1-10H2;/q-1;+1. The van der Waals surface area contributed by atoms with Gasteiger partial charge >= 0.3 is 100 Å². The van der Waals surface area contributed by atoms with E-state index in [1.807, 2.05) is 0 Å². The molecule has 2 fully saturated rings. The van der Waals surface area contributed by atoms with Crippen molar-refractivity contribution in [2.75, 3.05) is 0 Å². The fourth-order valence-electron chi connectivity index (χ4n) is 3.02. The van der Waals surface area contributed by atoms with Gasteiger partial charge in [-0.25, -0.2) is 0 Å². The molecule has 79 valence electrons. The molecule has 0 N–H and O–H groups in total. The van der Waals surface area contributed by atoms with E-state index in [4.69, 9.17) is 0 Å². The zero-order chi connectivity index (χ0) is 9.80. The summed E-state index contributed by atoms with van der Waals surface area (Å²) in [5.74, 6) is 0. The van der Waals surface area contributed by atoms with Crippen molar-refractivity contribution >= 4 is 0 Å². The Morgan fingerprint density at radius 1 is 0.643 bits per heavy atom. The van der Waals surface area contributed by atoms with Crippen LogP contribution >= 0.6 is 0 Å². The van der Waals surface area contributed by atoms with E-state index in [2.05, 4.69) is 24.1 Å². The van der Waals surface area contributed by atoms with Crippen LogP contribution in [-0.2, 0) is 20.7 Å². The molecule has 1 nitrogen and oxygen atoms in total. The van der Waals surface area contributed by atoms with Gasteiger partial charge in [0.25, 0.3) is 0 Å². The van der Waals surface area contributed by atoms with Crippen LogP contribution in [-0.4, -0.2) is 15.5 Å². The van der Waals surface area contributed by atoms with Gasteiger partial charge in [0.1, 0.15) is 0 Å². The van der Waals surface area contributed by atoms with Crippen molar-refractivity contribution in [3.63, 3.8) is 0 Å².